The lowest BCUT2D eigenvalue weighted by atomic mass is 10.4. The summed E-state index contributed by atoms with van der Waals surface area (Å²) in [5.74, 6) is 0. The Morgan fingerprint density at radius 3 is 2.86 bits per heavy atom. The molecule has 0 N–H and O–H groups in total. The minimum atomic E-state index is -0.694. The van der Waals surface area contributed by atoms with E-state index in [4.69, 9.17) is 0 Å². The summed E-state index contributed by atoms with van der Waals surface area (Å²) in [6, 6.07) is 0. The zero-order valence-electron chi connectivity index (χ0n) is 4.48. The van der Waals surface area contributed by atoms with Crippen LogP contribution in [0.25, 0.3) is 0 Å². The van der Waals surface area contributed by atoms with Gasteiger partial charge in [0.25, 0.3) is 0 Å². The molecule has 0 aliphatic rings. The van der Waals surface area contributed by atoms with Crippen LogP contribution >= 0.6 is 0 Å². The van der Waals surface area contributed by atoms with E-state index in [1.807, 2.05) is 6.92 Å². The average molecular weight is 105 g/mol. The predicted octanol–water partition coefficient (Wildman–Crippen LogP) is 1.89. The van der Waals surface area contributed by atoms with Crippen LogP contribution in [0.1, 0.15) is 19.8 Å². The van der Waals surface area contributed by atoms with Crippen LogP contribution in [0.4, 0.5) is 4.39 Å². The zero-order valence-corrected chi connectivity index (χ0v) is 4.48. The molecule has 0 atom stereocenters. The van der Waals surface area contributed by atoms with Gasteiger partial charge in [-0.05, 0) is 6.42 Å². The summed E-state index contributed by atoms with van der Waals surface area (Å²) in [5, 5.41) is 0. The van der Waals surface area contributed by atoms with Crippen molar-refractivity contribution in [1.82, 2.24) is 0 Å². The lowest BCUT2D eigenvalue weighted by Gasteiger charge is -1.91. The summed E-state index contributed by atoms with van der Waals surface area (Å²) in [6.07, 6.45) is 1.85. The molecule has 0 aliphatic heterocycles. The molecule has 0 rings (SSSR count). The molecule has 0 fully saturated rings. The highest BCUT2D eigenvalue weighted by Crippen LogP contribution is 1.92. The Kier molecular flexibility index (Phi) is 5.80. The van der Waals surface area contributed by atoms with Gasteiger partial charge in [-0.1, -0.05) is 13.3 Å². The lowest BCUT2D eigenvalue weighted by molar-refractivity contribution is 0.101. The molecule has 43 valence electrons. The molecule has 1 nitrogen and oxygen atoms in total. The number of unbranched alkanes of at least 4 members (excludes halogenated alkanes) is 1. The molecule has 7 heavy (non-hydrogen) atoms. The van der Waals surface area contributed by atoms with Crippen LogP contribution < -0.4 is 0 Å². The van der Waals surface area contributed by atoms with Crippen molar-refractivity contribution in [3.05, 3.63) is 6.61 Å². The first kappa shape index (κ1) is 6.89. The highest BCUT2D eigenvalue weighted by atomic mass is 19.1. The number of ether oxygens (including phenoxy) is 1. The first-order chi connectivity index (χ1) is 3.41. The van der Waals surface area contributed by atoms with Gasteiger partial charge < -0.3 is 4.74 Å². The maximum absolute atomic E-state index is 11.1. The van der Waals surface area contributed by atoms with Crippen LogP contribution in [-0.4, -0.2) is 6.86 Å². The normalized spacial score (nSPS) is 9.43. The van der Waals surface area contributed by atoms with Crippen molar-refractivity contribution in [1.29, 1.82) is 0 Å². The van der Waals surface area contributed by atoms with Crippen molar-refractivity contribution in [2.45, 2.75) is 19.8 Å². The van der Waals surface area contributed by atoms with Crippen molar-refractivity contribution in [3.8, 4) is 0 Å². The van der Waals surface area contributed by atoms with Gasteiger partial charge in [0.2, 0.25) is 0 Å². The van der Waals surface area contributed by atoms with Crippen molar-refractivity contribution in [2.75, 3.05) is 6.86 Å². The van der Waals surface area contributed by atoms with Gasteiger partial charge in [-0.15, -0.1) is 0 Å². The standard InChI is InChI=1S/C5H10FO/c1-2-3-4-7-5-6/h4H,2-3,5H2,1H3. The molecule has 2 heteroatoms. The highest BCUT2D eigenvalue weighted by Gasteiger charge is 1.81. The molecule has 0 aromatic heterocycles. The van der Waals surface area contributed by atoms with Gasteiger partial charge in [0.15, 0.2) is 6.86 Å². The first-order valence-corrected chi connectivity index (χ1v) is 2.41. The third kappa shape index (κ3) is 5.89. The quantitative estimate of drug-likeness (QED) is 0.496. The van der Waals surface area contributed by atoms with Crippen LogP contribution in [0, 0.1) is 6.61 Å². The molecule has 0 aliphatic carbocycles. The second-order valence-electron chi connectivity index (χ2n) is 1.23. The Hall–Kier alpha value is -0.110. The molecule has 0 aromatic rings. The molecule has 0 spiro atoms. The fourth-order valence-electron chi connectivity index (χ4n) is 0.246. The Balaban J connectivity index is 2.45. The lowest BCUT2D eigenvalue weighted by Crippen LogP contribution is -1.82. The molecule has 1 radical (unpaired) electrons. The Morgan fingerprint density at radius 2 is 2.43 bits per heavy atom. The van der Waals surface area contributed by atoms with Gasteiger partial charge in [0.1, 0.15) is 0 Å². The number of hydrogen-bond acceptors (Lipinski definition) is 1. The van der Waals surface area contributed by atoms with Crippen molar-refractivity contribution >= 4 is 0 Å². The fourth-order valence-corrected chi connectivity index (χ4v) is 0.246. The summed E-state index contributed by atoms with van der Waals surface area (Å²) in [5.41, 5.74) is 0. The van der Waals surface area contributed by atoms with Gasteiger partial charge in [-0.2, -0.15) is 0 Å². The minimum Gasteiger partial charge on any atom is -0.345 e. The third-order valence-electron chi connectivity index (χ3n) is 0.587. The van der Waals surface area contributed by atoms with Gasteiger partial charge in [-0.25, -0.2) is 4.39 Å². The molecule has 0 bridgehead atoms. The van der Waals surface area contributed by atoms with E-state index in [0.29, 0.717) is 0 Å². The van der Waals surface area contributed by atoms with E-state index in [-0.39, 0.29) is 0 Å². The van der Waals surface area contributed by atoms with Gasteiger partial charge >= 0.3 is 0 Å². The van der Waals surface area contributed by atoms with E-state index in [9.17, 15) is 4.39 Å². The monoisotopic (exact) mass is 105 g/mol. The molecular weight excluding hydrogens is 95.1 g/mol. The minimum absolute atomic E-state index is 0.694. The Morgan fingerprint density at radius 1 is 1.71 bits per heavy atom. The maximum Gasteiger partial charge on any atom is 0.188 e. The molecule has 0 amide bonds. The summed E-state index contributed by atoms with van der Waals surface area (Å²) in [7, 11) is 0. The van der Waals surface area contributed by atoms with Crippen molar-refractivity contribution in [3.63, 3.8) is 0 Å². The molecule has 0 unspecified atom stereocenters. The number of hydrogen-bond donors (Lipinski definition) is 0. The van der Waals surface area contributed by atoms with Crippen LogP contribution in [0.15, 0.2) is 0 Å². The van der Waals surface area contributed by atoms with Crippen LogP contribution in [-0.2, 0) is 4.74 Å². The summed E-state index contributed by atoms with van der Waals surface area (Å²) in [4.78, 5) is 0. The number of rotatable bonds is 4. The van der Waals surface area contributed by atoms with E-state index in [2.05, 4.69) is 4.74 Å². The van der Waals surface area contributed by atoms with E-state index in [0.717, 1.165) is 12.8 Å². The second-order valence-corrected chi connectivity index (χ2v) is 1.23. The van der Waals surface area contributed by atoms with Crippen molar-refractivity contribution in [2.24, 2.45) is 0 Å². The van der Waals surface area contributed by atoms with Gasteiger partial charge in [0.05, 0.1) is 6.61 Å². The molecule has 0 saturated heterocycles. The average Bonchev–Trinajstić information content (AvgIpc) is 1.69. The largest absolute Gasteiger partial charge is 0.345 e. The topological polar surface area (TPSA) is 9.23 Å². The van der Waals surface area contributed by atoms with Gasteiger partial charge in [-0.3, -0.25) is 0 Å². The summed E-state index contributed by atoms with van der Waals surface area (Å²) >= 11 is 0. The number of alkyl halides is 1. The predicted molar refractivity (Wildman–Crippen MR) is 26.3 cm³/mol. The Labute approximate surface area is 43.5 Å². The molecule has 0 aromatic carbocycles. The van der Waals surface area contributed by atoms with E-state index < -0.39 is 6.86 Å². The third-order valence-corrected chi connectivity index (χ3v) is 0.587. The van der Waals surface area contributed by atoms with E-state index in [1.165, 1.54) is 6.61 Å². The van der Waals surface area contributed by atoms with Crippen molar-refractivity contribution < 1.29 is 9.13 Å². The van der Waals surface area contributed by atoms with Crippen LogP contribution in [0.2, 0.25) is 0 Å². The summed E-state index contributed by atoms with van der Waals surface area (Å²) in [6.45, 7) is 2.80. The second kappa shape index (κ2) is 5.89. The summed E-state index contributed by atoms with van der Waals surface area (Å²) < 4.78 is 15.3. The van der Waals surface area contributed by atoms with Crippen LogP contribution in [0.5, 0.6) is 0 Å². The molecular formula is C5H10FO. The first-order valence-electron chi connectivity index (χ1n) is 2.41. The maximum atomic E-state index is 11.1. The van der Waals surface area contributed by atoms with E-state index in [1.54, 1.807) is 0 Å². The molecule has 0 saturated carbocycles. The molecule has 0 heterocycles. The fraction of sp³-hybridized carbons (Fsp3) is 0.800. The highest BCUT2D eigenvalue weighted by molar-refractivity contribution is 4.44. The number of halogens is 1. The smallest absolute Gasteiger partial charge is 0.188 e. The Bertz CT molecular complexity index is 27.3. The van der Waals surface area contributed by atoms with Gasteiger partial charge in [0, 0.05) is 0 Å². The van der Waals surface area contributed by atoms with E-state index >= 15 is 0 Å². The SMILES string of the molecule is CCC[CH]OCF. The zero-order chi connectivity index (χ0) is 5.54. The van der Waals surface area contributed by atoms with Crippen LogP contribution in [0.3, 0.4) is 0 Å².